The Balaban J connectivity index is 2.78. The van der Waals surface area contributed by atoms with Crippen LogP contribution in [0.2, 0.25) is 0 Å². The monoisotopic (exact) mass is 186 g/mol. The number of Topliss-reactive ketones (excluding diaryl/α,β-unsaturated/α-hetero) is 1. The number of carbonyl (C=O) groups is 2. The Bertz CT molecular complexity index is 234. The van der Waals surface area contributed by atoms with Crippen molar-refractivity contribution in [3.63, 3.8) is 0 Å². The number of hydrogen-bond acceptors (Lipinski definition) is 3. The topological polar surface area (TPSA) is 63.6 Å². The minimum atomic E-state index is -1.25. The number of hydrogen-bond donors (Lipinski definition) is 1. The summed E-state index contributed by atoms with van der Waals surface area (Å²) in [5, 5.41) is 8.66. The quantitative estimate of drug-likeness (QED) is 0.645. The Morgan fingerprint density at radius 3 is 2.31 bits per heavy atom. The third-order valence-corrected chi connectivity index (χ3v) is 2.37. The molecule has 0 radical (unpaired) electrons. The highest BCUT2D eigenvalue weighted by molar-refractivity contribution is 6.03. The SMILES string of the molecule is CC(C)C1OC(C(=O)O)C(=O)C1C. The number of rotatable bonds is 2. The molecular weight excluding hydrogens is 172 g/mol. The molecule has 1 saturated heterocycles. The van der Waals surface area contributed by atoms with E-state index in [1.54, 1.807) is 6.92 Å². The highest BCUT2D eigenvalue weighted by Crippen LogP contribution is 2.28. The maximum absolute atomic E-state index is 11.4. The van der Waals surface area contributed by atoms with E-state index in [0.29, 0.717) is 0 Å². The third-order valence-electron chi connectivity index (χ3n) is 2.37. The molecule has 3 unspecified atom stereocenters. The summed E-state index contributed by atoms with van der Waals surface area (Å²) < 4.78 is 5.16. The maximum atomic E-state index is 11.4. The molecule has 1 heterocycles. The normalized spacial score (nSPS) is 34.2. The molecule has 4 nitrogen and oxygen atoms in total. The van der Waals surface area contributed by atoms with Crippen LogP contribution in [0, 0.1) is 11.8 Å². The van der Waals surface area contributed by atoms with Gasteiger partial charge in [-0.25, -0.2) is 4.79 Å². The summed E-state index contributed by atoms with van der Waals surface area (Å²) in [4.78, 5) is 21.9. The fourth-order valence-corrected chi connectivity index (χ4v) is 1.66. The van der Waals surface area contributed by atoms with Gasteiger partial charge in [-0.1, -0.05) is 20.8 Å². The van der Waals surface area contributed by atoms with Gasteiger partial charge in [0.15, 0.2) is 5.78 Å². The zero-order valence-electron chi connectivity index (χ0n) is 7.98. The third kappa shape index (κ3) is 1.72. The van der Waals surface area contributed by atoms with Gasteiger partial charge >= 0.3 is 5.97 Å². The number of aliphatic carboxylic acids is 1. The molecule has 0 bridgehead atoms. The van der Waals surface area contributed by atoms with E-state index in [9.17, 15) is 9.59 Å². The Morgan fingerprint density at radius 1 is 1.54 bits per heavy atom. The molecule has 0 aromatic carbocycles. The second kappa shape index (κ2) is 3.46. The molecule has 1 aliphatic rings. The first-order chi connectivity index (χ1) is 5.95. The molecule has 13 heavy (non-hydrogen) atoms. The highest BCUT2D eigenvalue weighted by atomic mass is 16.5. The van der Waals surface area contributed by atoms with Crippen LogP contribution in [0.5, 0.6) is 0 Å². The number of ketones is 1. The zero-order valence-corrected chi connectivity index (χ0v) is 7.98. The second-order valence-corrected chi connectivity index (χ2v) is 3.75. The number of ether oxygens (including phenoxy) is 1. The fraction of sp³-hybridized carbons (Fsp3) is 0.778. The molecule has 1 N–H and O–H groups in total. The van der Waals surface area contributed by atoms with Crippen molar-refractivity contribution >= 4 is 11.8 Å². The van der Waals surface area contributed by atoms with Crippen molar-refractivity contribution in [2.75, 3.05) is 0 Å². The van der Waals surface area contributed by atoms with Crippen LogP contribution in [0.1, 0.15) is 20.8 Å². The van der Waals surface area contributed by atoms with Crippen LogP contribution in [0.4, 0.5) is 0 Å². The lowest BCUT2D eigenvalue weighted by atomic mass is 9.93. The van der Waals surface area contributed by atoms with Crippen LogP contribution in [0.25, 0.3) is 0 Å². The molecule has 1 fully saturated rings. The largest absolute Gasteiger partial charge is 0.479 e. The van der Waals surface area contributed by atoms with E-state index < -0.39 is 12.1 Å². The summed E-state index contributed by atoms with van der Waals surface area (Å²) in [6.07, 6.45) is -1.50. The van der Waals surface area contributed by atoms with Crippen LogP contribution < -0.4 is 0 Å². The van der Waals surface area contributed by atoms with Crippen molar-refractivity contribution in [1.29, 1.82) is 0 Å². The maximum Gasteiger partial charge on any atom is 0.340 e. The van der Waals surface area contributed by atoms with Gasteiger partial charge in [-0.3, -0.25) is 4.79 Å². The van der Waals surface area contributed by atoms with Gasteiger partial charge in [-0.05, 0) is 5.92 Å². The standard InChI is InChI=1S/C9H14O4/c1-4(2)7-5(3)6(10)8(13-7)9(11)12/h4-5,7-8H,1-3H3,(H,11,12). The average Bonchev–Trinajstić information content (AvgIpc) is 2.29. The van der Waals surface area contributed by atoms with Crippen LogP contribution in [-0.2, 0) is 14.3 Å². The Labute approximate surface area is 76.9 Å². The number of carbonyl (C=O) groups excluding carboxylic acids is 1. The van der Waals surface area contributed by atoms with Crippen molar-refractivity contribution in [2.24, 2.45) is 11.8 Å². The molecule has 0 aromatic rings. The van der Waals surface area contributed by atoms with E-state index in [0.717, 1.165) is 0 Å². The van der Waals surface area contributed by atoms with Crippen LogP contribution in [0.3, 0.4) is 0 Å². The first-order valence-corrected chi connectivity index (χ1v) is 4.37. The van der Waals surface area contributed by atoms with Crippen LogP contribution in [-0.4, -0.2) is 29.1 Å². The summed E-state index contributed by atoms with van der Waals surface area (Å²) in [5.74, 6) is -1.63. The van der Waals surface area contributed by atoms with E-state index in [-0.39, 0.29) is 23.7 Å². The lowest BCUT2D eigenvalue weighted by molar-refractivity contribution is -0.153. The van der Waals surface area contributed by atoms with Gasteiger partial charge in [0.1, 0.15) is 0 Å². The summed E-state index contributed by atoms with van der Waals surface area (Å²) in [6, 6.07) is 0. The average molecular weight is 186 g/mol. The molecule has 1 rings (SSSR count). The molecule has 0 saturated carbocycles. The lowest BCUT2D eigenvalue weighted by Gasteiger charge is -2.16. The molecule has 0 amide bonds. The first kappa shape index (κ1) is 10.2. The van der Waals surface area contributed by atoms with Gasteiger partial charge in [-0.2, -0.15) is 0 Å². The molecule has 0 spiro atoms. The van der Waals surface area contributed by atoms with E-state index in [2.05, 4.69) is 0 Å². The van der Waals surface area contributed by atoms with Crippen molar-refractivity contribution in [2.45, 2.75) is 33.0 Å². The number of carboxylic acids is 1. The summed E-state index contributed by atoms with van der Waals surface area (Å²) in [7, 11) is 0. The summed E-state index contributed by atoms with van der Waals surface area (Å²) in [6.45, 7) is 5.55. The van der Waals surface area contributed by atoms with E-state index in [1.165, 1.54) is 0 Å². The minimum Gasteiger partial charge on any atom is -0.479 e. The van der Waals surface area contributed by atoms with Gasteiger partial charge < -0.3 is 9.84 Å². The Hall–Kier alpha value is -0.900. The predicted molar refractivity (Wildman–Crippen MR) is 45.3 cm³/mol. The van der Waals surface area contributed by atoms with Crippen LogP contribution >= 0.6 is 0 Å². The molecule has 0 aromatic heterocycles. The van der Waals surface area contributed by atoms with Gasteiger partial charge in [0.05, 0.1) is 6.10 Å². The summed E-state index contributed by atoms with van der Waals surface area (Å²) >= 11 is 0. The first-order valence-electron chi connectivity index (χ1n) is 4.37. The van der Waals surface area contributed by atoms with Crippen molar-refractivity contribution < 1.29 is 19.4 Å². The Morgan fingerprint density at radius 2 is 2.08 bits per heavy atom. The van der Waals surface area contributed by atoms with E-state index in [1.807, 2.05) is 13.8 Å². The molecule has 0 aliphatic carbocycles. The lowest BCUT2D eigenvalue weighted by Crippen LogP contribution is -2.27. The number of carboxylic acid groups (broad SMARTS) is 1. The fourth-order valence-electron chi connectivity index (χ4n) is 1.66. The van der Waals surface area contributed by atoms with Gasteiger partial charge in [-0.15, -0.1) is 0 Å². The van der Waals surface area contributed by atoms with Crippen molar-refractivity contribution in [1.82, 2.24) is 0 Å². The zero-order chi connectivity index (χ0) is 10.2. The van der Waals surface area contributed by atoms with E-state index in [4.69, 9.17) is 9.84 Å². The molecular formula is C9H14O4. The van der Waals surface area contributed by atoms with Crippen molar-refractivity contribution in [3.05, 3.63) is 0 Å². The molecule has 74 valence electrons. The summed E-state index contributed by atoms with van der Waals surface area (Å²) in [5.41, 5.74) is 0. The van der Waals surface area contributed by atoms with Crippen molar-refractivity contribution in [3.8, 4) is 0 Å². The minimum absolute atomic E-state index is 0.170. The van der Waals surface area contributed by atoms with Gasteiger partial charge in [0.25, 0.3) is 0 Å². The van der Waals surface area contributed by atoms with Crippen LogP contribution in [0.15, 0.2) is 0 Å². The van der Waals surface area contributed by atoms with Gasteiger partial charge in [0, 0.05) is 5.92 Å². The van der Waals surface area contributed by atoms with Gasteiger partial charge in [0.2, 0.25) is 6.10 Å². The highest BCUT2D eigenvalue weighted by Gasteiger charge is 2.45. The molecule has 3 atom stereocenters. The predicted octanol–water partition coefficient (Wildman–Crippen LogP) is 0.700. The molecule has 1 aliphatic heterocycles. The smallest absolute Gasteiger partial charge is 0.340 e. The Kier molecular flexibility index (Phi) is 2.71. The molecule has 4 heteroatoms. The van der Waals surface area contributed by atoms with E-state index >= 15 is 0 Å². The second-order valence-electron chi connectivity index (χ2n) is 3.75.